The van der Waals surface area contributed by atoms with Crippen LogP contribution < -0.4 is 0 Å². The lowest BCUT2D eigenvalue weighted by Crippen LogP contribution is -2.37. The van der Waals surface area contributed by atoms with Gasteiger partial charge in [0.2, 0.25) is 0 Å². The van der Waals surface area contributed by atoms with E-state index >= 15 is 0 Å². The van der Waals surface area contributed by atoms with Crippen molar-refractivity contribution < 1.29 is 14.3 Å². The van der Waals surface area contributed by atoms with Gasteiger partial charge in [0, 0.05) is 18.0 Å². The molecule has 96 valence electrons. The minimum Gasteiger partial charge on any atom is -0.361 e. The predicted octanol–water partition coefficient (Wildman–Crippen LogP) is 2.04. The molecule has 4 heteroatoms. The van der Waals surface area contributed by atoms with Gasteiger partial charge in [-0.15, -0.1) is 0 Å². The lowest BCUT2D eigenvalue weighted by Gasteiger charge is -2.24. The molecule has 0 saturated carbocycles. The molecule has 4 nitrogen and oxygen atoms in total. The number of ether oxygens (including phenoxy) is 1. The lowest BCUT2D eigenvalue weighted by atomic mass is 9.81. The Balaban J connectivity index is 2.39. The van der Waals surface area contributed by atoms with Crippen molar-refractivity contribution in [1.29, 1.82) is 0 Å². The number of ketones is 2. The average molecular weight is 247 g/mol. The van der Waals surface area contributed by atoms with Gasteiger partial charge in [0.1, 0.15) is 11.5 Å². The van der Waals surface area contributed by atoms with E-state index in [-0.39, 0.29) is 11.6 Å². The number of Topliss-reactive ketones (excluding diaryl/α,β-unsaturated/α-hetero) is 2. The summed E-state index contributed by atoms with van der Waals surface area (Å²) in [6.45, 7) is 6.96. The number of pyridine rings is 1. The summed E-state index contributed by atoms with van der Waals surface area (Å²) in [5, 5.41) is 0. The highest BCUT2D eigenvalue weighted by atomic mass is 16.5. The van der Waals surface area contributed by atoms with Crippen molar-refractivity contribution in [3.8, 4) is 0 Å². The number of hydrogen-bond donors (Lipinski definition) is 0. The Bertz CT molecular complexity index is 491. The van der Waals surface area contributed by atoms with Crippen LogP contribution in [0.1, 0.15) is 38.1 Å². The van der Waals surface area contributed by atoms with Gasteiger partial charge in [-0.05, 0) is 39.8 Å². The van der Waals surface area contributed by atoms with Gasteiger partial charge in [-0.3, -0.25) is 14.6 Å². The second-order valence-electron chi connectivity index (χ2n) is 5.62. The molecular formula is C14H17NO3. The Morgan fingerprint density at radius 1 is 1.33 bits per heavy atom. The number of hydrogen-bond acceptors (Lipinski definition) is 4. The van der Waals surface area contributed by atoms with Crippen molar-refractivity contribution in [3.05, 3.63) is 30.1 Å². The first-order valence-corrected chi connectivity index (χ1v) is 5.94. The lowest BCUT2D eigenvalue weighted by molar-refractivity contribution is -0.132. The van der Waals surface area contributed by atoms with E-state index < -0.39 is 17.1 Å². The molecule has 1 aliphatic heterocycles. The van der Waals surface area contributed by atoms with Crippen LogP contribution in [0.4, 0.5) is 0 Å². The van der Waals surface area contributed by atoms with Gasteiger partial charge >= 0.3 is 0 Å². The van der Waals surface area contributed by atoms with Crippen molar-refractivity contribution >= 4 is 11.6 Å². The molecule has 0 N–H and O–H groups in total. The maximum atomic E-state index is 12.4. The highest BCUT2D eigenvalue weighted by Crippen LogP contribution is 2.40. The average Bonchev–Trinajstić information content (AvgIpc) is 2.44. The van der Waals surface area contributed by atoms with Crippen LogP contribution in [0.15, 0.2) is 24.5 Å². The van der Waals surface area contributed by atoms with Crippen LogP contribution in [0.5, 0.6) is 0 Å². The van der Waals surface area contributed by atoms with E-state index in [1.54, 1.807) is 46.0 Å². The van der Waals surface area contributed by atoms with Crippen molar-refractivity contribution in [2.24, 2.45) is 5.92 Å². The van der Waals surface area contributed by atoms with Gasteiger partial charge in [0.05, 0.1) is 5.60 Å². The smallest absolute Gasteiger partial charge is 0.177 e. The molecule has 18 heavy (non-hydrogen) atoms. The molecule has 2 heterocycles. The number of carbonyl (C=O) groups excluding carboxylic acids is 2. The number of carbonyl (C=O) groups is 2. The van der Waals surface area contributed by atoms with E-state index in [2.05, 4.69) is 4.98 Å². The first kappa shape index (κ1) is 12.9. The molecular weight excluding hydrogens is 230 g/mol. The quantitative estimate of drug-likeness (QED) is 0.592. The van der Waals surface area contributed by atoms with E-state index in [1.807, 2.05) is 0 Å². The minimum atomic E-state index is -0.911. The highest BCUT2D eigenvalue weighted by Gasteiger charge is 2.56. The highest BCUT2D eigenvalue weighted by molar-refractivity contribution is 6.14. The Kier molecular flexibility index (Phi) is 2.86. The third kappa shape index (κ3) is 1.97. The molecule has 0 amide bonds. The number of aromatic nitrogens is 1. The van der Waals surface area contributed by atoms with Gasteiger partial charge < -0.3 is 4.74 Å². The predicted molar refractivity (Wildman–Crippen MR) is 66.3 cm³/mol. The normalized spacial score (nSPS) is 25.1. The maximum Gasteiger partial charge on any atom is 0.177 e. The van der Waals surface area contributed by atoms with E-state index in [4.69, 9.17) is 4.74 Å². The molecule has 0 aliphatic carbocycles. The summed E-state index contributed by atoms with van der Waals surface area (Å²) in [6.07, 6.45) is 3.08. The van der Waals surface area contributed by atoms with Gasteiger partial charge in [-0.25, -0.2) is 0 Å². The molecule has 1 atom stereocenters. The zero-order valence-electron chi connectivity index (χ0n) is 11.1. The molecule has 0 aromatic carbocycles. The van der Waals surface area contributed by atoms with Crippen molar-refractivity contribution in [2.75, 3.05) is 0 Å². The van der Waals surface area contributed by atoms with Crippen LogP contribution in [0.2, 0.25) is 0 Å². The topological polar surface area (TPSA) is 56.3 Å². The fourth-order valence-corrected chi connectivity index (χ4v) is 2.54. The molecule has 2 rings (SSSR count). The zero-order valence-corrected chi connectivity index (χ0v) is 11.1. The molecule has 0 spiro atoms. The fourth-order valence-electron chi connectivity index (χ4n) is 2.54. The molecule has 0 bridgehead atoms. The monoisotopic (exact) mass is 247 g/mol. The Morgan fingerprint density at radius 3 is 2.44 bits per heavy atom. The van der Waals surface area contributed by atoms with E-state index in [9.17, 15) is 9.59 Å². The maximum absolute atomic E-state index is 12.4. The molecule has 1 aliphatic rings. The van der Waals surface area contributed by atoms with Crippen LogP contribution in [0, 0.1) is 5.92 Å². The third-order valence-corrected chi connectivity index (χ3v) is 3.28. The summed E-state index contributed by atoms with van der Waals surface area (Å²) >= 11 is 0. The van der Waals surface area contributed by atoms with Gasteiger partial charge in [0.25, 0.3) is 0 Å². The summed E-state index contributed by atoms with van der Waals surface area (Å²) in [6, 6.07) is 3.36. The van der Waals surface area contributed by atoms with Crippen molar-refractivity contribution in [2.45, 2.75) is 38.9 Å². The molecule has 1 aromatic rings. The first-order valence-electron chi connectivity index (χ1n) is 5.94. The molecule has 1 aromatic heterocycles. The van der Waals surface area contributed by atoms with Gasteiger partial charge in [-0.1, -0.05) is 0 Å². The van der Waals surface area contributed by atoms with Crippen LogP contribution in [0.25, 0.3) is 0 Å². The van der Waals surface area contributed by atoms with E-state index in [1.165, 1.54) is 6.20 Å². The fraction of sp³-hybridized carbons (Fsp3) is 0.500. The molecule has 1 fully saturated rings. The number of rotatable bonds is 2. The Morgan fingerprint density at radius 2 is 2.00 bits per heavy atom. The van der Waals surface area contributed by atoms with Crippen LogP contribution in [0.3, 0.4) is 0 Å². The van der Waals surface area contributed by atoms with Crippen LogP contribution >= 0.6 is 0 Å². The third-order valence-electron chi connectivity index (χ3n) is 3.28. The minimum absolute atomic E-state index is 0.165. The van der Waals surface area contributed by atoms with E-state index in [0.717, 1.165) is 0 Å². The van der Waals surface area contributed by atoms with Gasteiger partial charge in [-0.2, -0.15) is 0 Å². The van der Waals surface area contributed by atoms with Gasteiger partial charge in [0.15, 0.2) is 11.6 Å². The van der Waals surface area contributed by atoms with Crippen LogP contribution in [-0.2, 0) is 9.53 Å². The zero-order chi connectivity index (χ0) is 13.6. The second kappa shape index (κ2) is 3.99. The summed E-state index contributed by atoms with van der Waals surface area (Å²) in [5.41, 5.74) is -1.25. The SMILES string of the molecule is CC1(C)OC(C)(C)C(C(=O)c2cccnc2)C1=O. The van der Waals surface area contributed by atoms with Crippen LogP contribution in [-0.4, -0.2) is 27.8 Å². The molecule has 1 saturated heterocycles. The summed E-state index contributed by atoms with van der Waals surface area (Å²) in [7, 11) is 0. The molecule has 1 unspecified atom stereocenters. The summed E-state index contributed by atoms with van der Waals surface area (Å²) < 4.78 is 5.71. The first-order chi connectivity index (χ1) is 8.26. The second-order valence-corrected chi connectivity index (χ2v) is 5.62. The molecule has 0 radical (unpaired) electrons. The Hall–Kier alpha value is -1.55. The number of nitrogens with zero attached hydrogens (tertiary/aromatic N) is 1. The van der Waals surface area contributed by atoms with Crippen molar-refractivity contribution in [3.63, 3.8) is 0 Å². The standard InChI is InChI=1S/C14H17NO3/c1-13(2)10(12(17)14(3,4)18-13)11(16)9-6-5-7-15-8-9/h5-8,10H,1-4H3. The summed E-state index contributed by atoms with van der Waals surface area (Å²) in [4.78, 5) is 28.6. The van der Waals surface area contributed by atoms with Crippen molar-refractivity contribution in [1.82, 2.24) is 4.98 Å². The summed E-state index contributed by atoms with van der Waals surface area (Å²) in [5.74, 6) is -1.15. The Labute approximate surface area is 106 Å². The largest absolute Gasteiger partial charge is 0.361 e. The van der Waals surface area contributed by atoms with E-state index in [0.29, 0.717) is 5.56 Å².